The summed E-state index contributed by atoms with van der Waals surface area (Å²) in [6.07, 6.45) is -0.222. The van der Waals surface area contributed by atoms with Gasteiger partial charge in [-0.15, -0.1) is 23.4 Å². The van der Waals surface area contributed by atoms with E-state index in [2.05, 4.69) is 9.89 Å². The highest BCUT2D eigenvalue weighted by molar-refractivity contribution is 7.99. The van der Waals surface area contributed by atoms with E-state index in [9.17, 15) is 4.79 Å². The van der Waals surface area contributed by atoms with Gasteiger partial charge in [-0.2, -0.15) is 0 Å². The minimum atomic E-state index is -0.451. The maximum Gasteiger partial charge on any atom is 0.410 e. The van der Waals surface area contributed by atoms with Crippen LogP contribution in [-0.2, 0) is 4.74 Å². The molecule has 1 aliphatic heterocycles. The second kappa shape index (κ2) is 10.2. The maximum absolute atomic E-state index is 12.1. The summed E-state index contributed by atoms with van der Waals surface area (Å²) in [5, 5.41) is 0. The predicted molar refractivity (Wildman–Crippen MR) is 113 cm³/mol. The number of alkyl halides is 1. The first-order valence-electron chi connectivity index (χ1n) is 9.09. The van der Waals surface area contributed by atoms with E-state index in [0.29, 0.717) is 18.9 Å². The first-order chi connectivity index (χ1) is 12.8. The van der Waals surface area contributed by atoms with Crippen molar-refractivity contribution < 1.29 is 9.53 Å². The van der Waals surface area contributed by atoms with Crippen LogP contribution in [-0.4, -0.2) is 71.7 Å². The van der Waals surface area contributed by atoms with E-state index in [4.69, 9.17) is 22.1 Å². The summed E-state index contributed by atoms with van der Waals surface area (Å²) < 4.78 is 5.44. The number of thioether (sulfide) groups is 1. The largest absolute Gasteiger partial charge is 0.444 e. The van der Waals surface area contributed by atoms with Gasteiger partial charge >= 0.3 is 6.09 Å². The number of rotatable bonds is 6. The summed E-state index contributed by atoms with van der Waals surface area (Å²) in [6.45, 7) is 9.75. The number of para-hydroxylation sites is 1. The normalized spacial score (nSPS) is 16.4. The van der Waals surface area contributed by atoms with Crippen LogP contribution in [0.3, 0.4) is 0 Å². The number of benzene rings is 1. The van der Waals surface area contributed by atoms with Gasteiger partial charge < -0.3 is 15.4 Å². The Kier molecular flexibility index (Phi) is 8.26. The van der Waals surface area contributed by atoms with Crippen molar-refractivity contribution in [1.29, 1.82) is 0 Å². The Hall–Kier alpha value is -1.44. The number of carbonyl (C=O) groups excluding carboxylic acids is 1. The van der Waals surface area contributed by atoms with E-state index in [0.717, 1.165) is 36.0 Å². The fraction of sp³-hybridized carbons (Fsp3) is 0.579. The summed E-state index contributed by atoms with van der Waals surface area (Å²) in [5.74, 6) is 1.59. The van der Waals surface area contributed by atoms with E-state index in [-0.39, 0.29) is 12.0 Å². The van der Waals surface area contributed by atoms with Gasteiger partial charge in [0.15, 0.2) is 0 Å². The van der Waals surface area contributed by atoms with Crippen molar-refractivity contribution in [3.8, 4) is 0 Å². The van der Waals surface area contributed by atoms with E-state index in [1.54, 1.807) is 16.7 Å². The number of amides is 1. The third-order valence-corrected chi connectivity index (χ3v) is 5.27. The lowest BCUT2D eigenvalue weighted by molar-refractivity contribution is 0.0150. The number of hydrogen-bond donors (Lipinski definition) is 1. The van der Waals surface area contributed by atoms with Gasteiger partial charge in [0.05, 0.1) is 11.6 Å². The zero-order valence-electron chi connectivity index (χ0n) is 16.3. The maximum atomic E-state index is 12.1. The molecule has 1 amide bonds. The average Bonchev–Trinajstić information content (AvgIpc) is 2.62. The van der Waals surface area contributed by atoms with Crippen LogP contribution < -0.4 is 5.73 Å². The number of piperazine rings is 1. The van der Waals surface area contributed by atoms with Crippen LogP contribution >= 0.6 is 23.4 Å². The van der Waals surface area contributed by atoms with Gasteiger partial charge in [0.25, 0.3) is 0 Å². The number of halogens is 1. The monoisotopic (exact) mass is 412 g/mol. The standard InChI is InChI=1S/C19H29ClN4O2S/c1-19(2,3)26-18(25)24-10-8-23(9-11-24)12-13-27-16-7-5-4-6-15(16)22-17(21)14-20/h4-7H,8-14H2,1-3H3,(H2,21,22). The van der Waals surface area contributed by atoms with E-state index >= 15 is 0 Å². The molecule has 1 heterocycles. The molecule has 1 aromatic rings. The third-order valence-electron chi connectivity index (χ3n) is 3.96. The van der Waals surface area contributed by atoms with Crippen LogP contribution in [0.15, 0.2) is 34.2 Å². The van der Waals surface area contributed by atoms with Crippen LogP contribution in [0.1, 0.15) is 20.8 Å². The minimum absolute atomic E-state index is 0.222. The second-order valence-electron chi connectivity index (χ2n) is 7.36. The van der Waals surface area contributed by atoms with Crippen molar-refractivity contribution in [1.82, 2.24) is 9.80 Å². The van der Waals surface area contributed by atoms with Crippen LogP contribution in [0.25, 0.3) is 0 Å². The summed E-state index contributed by atoms with van der Waals surface area (Å²) in [4.78, 5) is 21.7. The second-order valence-corrected chi connectivity index (χ2v) is 8.77. The first-order valence-corrected chi connectivity index (χ1v) is 10.6. The lowest BCUT2D eigenvalue weighted by Crippen LogP contribution is -2.50. The highest BCUT2D eigenvalue weighted by Gasteiger charge is 2.25. The van der Waals surface area contributed by atoms with Crippen molar-refractivity contribution in [2.24, 2.45) is 10.7 Å². The highest BCUT2D eigenvalue weighted by atomic mass is 35.5. The molecule has 0 atom stereocenters. The average molecular weight is 413 g/mol. The summed E-state index contributed by atoms with van der Waals surface area (Å²) >= 11 is 7.48. The Labute approximate surface area is 171 Å². The summed E-state index contributed by atoms with van der Waals surface area (Å²) in [6, 6.07) is 7.94. The van der Waals surface area contributed by atoms with Gasteiger partial charge in [0, 0.05) is 43.4 Å². The van der Waals surface area contributed by atoms with Crippen molar-refractivity contribution in [3.05, 3.63) is 24.3 Å². The number of nitrogens with zero attached hydrogens (tertiary/aromatic N) is 3. The van der Waals surface area contributed by atoms with Gasteiger partial charge in [-0.3, -0.25) is 4.90 Å². The fourth-order valence-corrected chi connectivity index (χ4v) is 3.69. The topological polar surface area (TPSA) is 71.2 Å². The van der Waals surface area contributed by atoms with Gasteiger partial charge in [0.1, 0.15) is 11.4 Å². The molecule has 27 heavy (non-hydrogen) atoms. The number of aliphatic imine (C=N–C) groups is 1. The molecule has 8 heteroatoms. The molecule has 2 rings (SSSR count). The number of amidine groups is 1. The molecule has 0 unspecified atom stereocenters. The summed E-state index contributed by atoms with van der Waals surface area (Å²) in [5.41, 5.74) is 6.16. The predicted octanol–water partition coefficient (Wildman–Crippen LogP) is 3.56. The minimum Gasteiger partial charge on any atom is -0.444 e. The smallest absolute Gasteiger partial charge is 0.410 e. The zero-order chi connectivity index (χ0) is 19.9. The van der Waals surface area contributed by atoms with Crippen molar-refractivity contribution >= 4 is 41.0 Å². The Bertz CT molecular complexity index is 655. The third kappa shape index (κ3) is 7.60. The molecule has 0 aliphatic carbocycles. The SMILES string of the molecule is CC(C)(C)OC(=O)N1CCN(CCSc2ccccc2N=C(N)CCl)CC1. The number of ether oxygens (including phenoxy) is 1. The fourth-order valence-electron chi connectivity index (χ4n) is 2.62. The number of nitrogens with two attached hydrogens (primary N) is 1. The van der Waals surface area contributed by atoms with Crippen LogP contribution in [0.5, 0.6) is 0 Å². The Morgan fingerprint density at radius 1 is 1.26 bits per heavy atom. The molecule has 1 fully saturated rings. The molecular weight excluding hydrogens is 384 g/mol. The van der Waals surface area contributed by atoms with Crippen LogP contribution in [0.4, 0.5) is 10.5 Å². The number of carbonyl (C=O) groups is 1. The van der Waals surface area contributed by atoms with Crippen molar-refractivity contribution in [2.45, 2.75) is 31.3 Å². The van der Waals surface area contributed by atoms with E-state index in [1.807, 2.05) is 45.0 Å². The van der Waals surface area contributed by atoms with Crippen LogP contribution in [0.2, 0.25) is 0 Å². The first kappa shape index (κ1) is 21.9. The molecule has 0 bridgehead atoms. The molecule has 0 saturated carbocycles. The van der Waals surface area contributed by atoms with E-state index in [1.165, 1.54) is 0 Å². The molecule has 150 valence electrons. The van der Waals surface area contributed by atoms with Gasteiger partial charge in [0.2, 0.25) is 0 Å². The van der Waals surface area contributed by atoms with Gasteiger partial charge in [-0.1, -0.05) is 12.1 Å². The Morgan fingerprint density at radius 3 is 2.56 bits per heavy atom. The lowest BCUT2D eigenvalue weighted by atomic mass is 10.2. The molecule has 0 spiro atoms. The molecule has 1 aliphatic rings. The molecule has 0 radical (unpaired) electrons. The lowest BCUT2D eigenvalue weighted by Gasteiger charge is -2.35. The van der Waals surface area contributed by atoms with Crippen molar-refractivity contribution in [3.63, 3.8) is 0 Å². The molecule has 1 aromatic carbocycles. The Balaban J connectivity index is 1.78. The van der Waals surface area contributed by atoms with Crippen molar-refractivity contribution in [2.75, 3.05) is 44.4 Å². The summed E-state index contributed by atoms with van der Waals surface area (Å²) in [7, 11) is 0. The van der Waals surface area contributed by atoms with Crippen LogP contribution in [0, 0.1) is 0 Å². The zero-order valence-corrected chi connectivity index (χ0v) is 17.9. The molecule has 1 saturated heterocycles. The highest BCUT2D eigenvalue weighted by Crippen LogP contribution is 2.29. The Morgan fingerprint density at radius 2 is 1.93 bits per heavy atom. The van der Waals surface area contributed by atoms with E-state index < -0.39 is 5.60 Å². The number of hydrogen-bond acceptors (Lipinski definition) is 5. The van der Waals surface area contributed by atoms with Gasteiger partial charge in [-0.25, -0.2) is 9.79 Å². The van der Waals surface area contributed by atoms with Gasteiger partial charge in [-0.05, 0) is 32.9 Å². The quantitative estimate of drug-likeness (QED) is 0.335. The molecule has 2 N–H and O–H groups in total. The molecule has 6 nitrogen and oxygen atoms in total. The molecule has 0 aromatic heterocycles. The molecular formula is C19H29ClN4O2S.